The van der Waals surface area contributed by atoms with Gasteiger partial charge in [0, 0.05) is 22.3 Å². The molecule has 0 bridgehead atoms. The molecule has 0 saturated heterocycles. The van der Waals surface area contributed by atoms with Crippen molar-refractivity contribution in [1.82, 2.24) is 0 Å². The van der Waals surface area contributed by atoms with Gasteiger partial charge < -0.3 is 19.4 Å². The minimum atomic E-state index is 0. The van der Waals surface area contributed by atoms with Crippen LogP contribution in [0.25, 0.3) is 16.9 Å². The quantitative estimate of drug-likeness (QED) is 0.0536. The van der Waals surface area contributed by atoms with Gasteiger partial charge in [0.2, 0.25) is 11.4 Å². The summed E-state index contributed by atoms with van der Waals surface area (Å²) >= 11 is 0. The fraction of sp³-hybridized carbons (Fsp3) is 0.600. The molecular weight excluding hydrogens is 627 g/mol. The zero-order valence-corrected chi connectivity index (χ0v) is 33.1. The van der Waals surface area contributed by atoms with Gasteiger partial charge in [-0.1, -0.05) is 136 Å². The first-order valence-corrected chi connectivity index (χ1v) is 19.7. The van der Waals surface area contributed by atoms with Crippen molar-refractivity contribution < 1.29 is 21.2 Å². The number of unbranched alkanes of at least 4 members (excludes halogenated alkanes) is 11. The number of rotatable bonds is 21. The fourth-order valence-corrected chi connectivity index (χ4v) is 5.93. The fourth-order valence-electron chi connectivity index (χ4n) is 5.93. The van der Waals surface area contributed by atoms with E-state index >= 15 is 0 Å². The maximum Gasteiger partial charge on any atom is 2.00 e. The van der Waals surface area contributed by atoms with Crippen LogP contribution in [0.2, 0.25) is 0 Å². The zero-order valence-electron chi connectivity index (χ0n) is 32.1. The van der Waals surface area contributed by atoms with Crippen molar-refractivity contribution in [2.24, 2.45) is 0 Å². The molecule has 0 amide bonds. The second kappa shape index (κ2) is 29.9. The number of hydrogen-bond donors (Lipinski definition) is 0. The molecule has 0 spiro atoms. The van der Waals surface area contributed by atoms with E-state index in [1.54, 1.807) is 4.70 Å². The summed E-state index contributed by atoms with van der Waals surface area (Å²) in [6.45, 7) is 20.5. The number of aryl methyl sites for hydroxylation is 2. The molecule has 48 heavy (non-hydrogen) atoms. The summed E-state index contributed by atoms with van der Waals surface area (Å²) in [4.78, 5) is 0. The second-order valence-corrected chi connectivity index (χ2v) is 13.3. The summed E-state index contributed by atoms with van der Waals surface area (Å²) in [5, 5.41) is 0. The summed E-state index contributed by atoms with van der Waals surface area (Å²) in [5.74, 6) is 0. The van der Waals surface area contributed by atoms with E-state index in [-0.39, 0.29) is 16.5 Å². The van der Waals surface area contributed by atoms with E-state index in [9.17, 15) is 5.53 Å². The summed E-state index contributed by atoms with van der Waals surface area (Å²) in [7, 11) is 0. The molecule has 2 aromatic carbocycles. The molecule has 0 N–H and O–H groups in total. The Morgan fingerprint density at radius 3 is 1.19 bits per heavy atom. The van der Waals surface area contributed by atoms with Crippen LogP contribution in [0.3, 0.4) is 0 Å². The molecule has 0 fully saturated rings. The average molecular weight is 700 g/mol. The SMILES string of the molecule is CCCCCCCC1=C(c2cccc(CCCC)c2)[N+](=[N-])C(c2cccc(CCCC)c2)=C1CCCCCC.[CH2-]CCC.[CH2-]CCC.[Ni+2]. The van der Waals surface area contributed by atoms with Crippen LogP contribution in [0.1, 0.15) is 186 Å². The minimum absolute atomic E-state index is 0. The molecule has 0 saturated carbocycles. The first-order chi connectivity index (χ1) is 23.0. The molecular formula is C45H72N2Ni. The van der Waals surface area contributed by atoms with E-state index in [1.165, 1.54) is 119 Å². The second-order valence-electron chi connectivity index (χ2n) is 13.3. The van der Waals surface area contributed by atoms with E-state index in [2.05, 4.69) is 104 Å². The van der Waals surface area contributed by atoms with E-state index in [1.807, 2.05) is 0 Å². The van der Waals surface area contributed by atoms with Crippen LogP contribution in [0.4, 0.5) is 0 Å². The van der Waals surface area contributed by atoms with Gasteiger partial charge in [-0.15, -0.1) is 0 Å². The number of benzene rings is 2. The molecule has 3 rings (SSSR count). The van der Waals surface area contributed by atoms with Crippen LogP contribution in [0.5, 0.6) is 0 Å². The molecule has 0 aliphatic carbocycles. The van der Waals surface area contributed by atoms with Crippen LogP contribution in [0.15, 0.2) is 59.7 Å². The Morgan fingerprint density at radius 1 is 0.479 bits per heavy atom. The first-order valence-electron chi connectivity index (χ1n) is 19.7. The van der Waals surface area contributed by atoms with E-state index in [0.717, 1.165) is 61.0 Å². The van der Waals surface area contributed by atoms with Gasteiger partial charge in [-0.3, -0.25) is 0 Å². The Bertz CT molecular complexity index is 1170. The smallest absolute Gasteiger partial charge is 0.493 e. The van der Waals surface area contributed by atoms with Crippen LogP contribution >= 0.6 is 0 Å². The van der Waals surface area contributed by atoms with Crippen molar-refractivity contribution in [2.75, 3.05) is 0 Å². The van der Waals surface area contributed by atoms with Crippen molar-refractivity contribution in [3.8, 4) is 0 Å². The molecule has 1 aliphatic heterocycles. The summed E-state index contributed by atoms with van der Waals surface area (Å²) < 4.78 is 1.58. The van der Waals surface area contributed by atoms with Crippen LogP contribution in [-0.2, 0) is 29.3 Å². The molecule has 0 radical (unpaired) electrons. The standard InChI is InChI=1S/C37H54N2.2C4H9.Ni/c1-5-9-13-15-17-27-35-34(26-16-14-10-6-2)36(32-24-18-22-30(28-32)20-11-7-3)39(38)37(35)33-25-19-23-31(29-33)21-12-8-4;2*1-3-4-2;/h18-19,22-25,28-29H,5-17,20-21,26-27H2,1-4H3;2*1,3-4H2,2H3;/q;2*-1;+2. The molecule has 1 heterocycles. The molecule has 3 heteroatoms. The Balaban J connectivity index is 0.00000221. The van der Waals surface area contributed by atoms with E-state index in [0.29, 0.717) is 0 Å². The molecule has 0 aromatic heterocycles. The monoisotopic (exact) mass is 699 g/mol. The molecule has 2 aromatic rings. The van der Waals surface area contributed by atoms with Gasteiger partial charge in [0.15, 0.2) is 0 Å². The van der Waals surface area contributed by atoms with Crippen LogP contribution in [-0.4, -0.2) is 4.70 Å². The number of nitrogens with zero attached hydrogens (tertiary/aromatic N) is 2. The number of hydrogen-bond acceptors (Lipinski definition) is 0. The zero-order chi connectivity index (χ0) is 34.7. The Kier molecular flexibility index (Phi) is 28.7. The van der Waals surface area contributed by atoms with Crippen molar-refractivity contribution in [1.29, 1.82) is 0 Å². The van der Waals surface area contributed by atoms with Crippen molar-refractivity contribution in [3.05, 3.63) is 101 Å². The van der Waals surface area contributed by atoms with Crippen molar-refractivity contribution in [3.63, 3.8) is 0 Å². The third kappa shape index (κ3) is 17.1. The van der Waals surface area contributed by atoms with Gasteiger partial charge >= 0.3 is 16.5 Å². The van der Waals surface area contributed by atoms with Crippen LogP contribution < -0.4 is 0 Å². The largest absolute Gasteiger partial charge is 2.00 e. The van der Waals surface area contributed by atoms with Gasteiger partial charge in [0.1, 0.15) is 0 Å². The third-order valence-electron chi connectivity index (χ3n) is 8.92. The Hall–Kier alpha value is -1.99. The summed E-state index contributed by atoms with van der Waals surface area (Å²) in [6.07, 6.45) is 24.9. The topological polar surface area (TPSA) is 25.3 Å². The van der Waals surface area contributed by atoms with Gasteiger partial charge in [-0.2, -0.15) is 12.8 Å². The maximum atomic E-state index is 12.0. The van der Waals surface area contributed by atoms with Crippen molar-refractivity contribution >= 4 is 11.4 Å². The molecule has 2 nitrogen and oxygen atoms in total. The molecule has 272 valence electrons. The molecule has 1 aliphatic rings. The normalized spacial score (nSPS) is 12.4. The Labute approximate surface area is 309 Å². The molecule has 0 atom stereocenters. The number of allylic oxidation sites excluding steroid dienone is 2. The van der Waals surface area contributed by atoms with Crippen molar-refractivity contribution in [2.45, 2.75) is 176 Å². The van der Waals surface area contributed by atoms with Gasteiger partial charge in [0.05, 0.1) is 0 Å². The van der Waals surface area contributed by atoms with Gasteiger partial charge in [-0.25, -0.2) is 4.70 Å². The van der Waals surface area contributed by atoms with Gasteiger partial charge in [0.25, 0.3) is 0 Å². The predicted octanol–water partition coefficient (Wildman–Crippen LogP) is 15.1. The van der Waals surface area contributed by atoms with Crippen LogP contribution in [0, 0.1) is 13.8 Å². The Morgan fingerprint density at radius 2 is 0.833 bits per heavy atom. The summed E-state index contributed by atoms with van der Waals surface area (Å²) in [5.41, 5.74) is 21.9. The predicted molar refractivity (Wildman–Crippen MR) is 210 cm³/mol. The maximum absolute atomic E-state index is 12.0. The minimum Gasteiger partial charge on any atom is -0.493 e. The first kappa shape index (κ1) is 46.0. The van der Waals surface area contributed by atoms with E-state index < -0.39 is 0 Å². The average Bonchev–Trinajstić information content (AvgIpc) is 3.38. The van der Waals surface area contributed by atoms with Gasteiger partial charge in [-0.05, 0) is 86.8 Å². The summed E-state index contributed by atoms with van der Waals surface area (Å²) in [6, 6.07) is 17.9. The van der Waals surface area contributed by atoms with E-state index in [4.69, 9.17) is 0 Å². The molecule has 0 unspecified atom stereocenters. The third-order valence-corrected chi connectivity index (χ3v) is 8.92.